The summed E-state index contributed by atoms with van der Waals surface area (Å²) in [5.41, 5.74) is 3.88. The molecular weight excluding hydrogens is 342 g/mol. The summed E-state index contributed by atoms with van der Waals surface area (Å²) in [5, 5.41) is 4.31. The highest BCUT2D eigenvalue weighted by molar-refractivity contribution is 7.99. The number of imidazole rings is 1. The number of nitrogens with one attached hydrogen (secondary N) is 1. The molecule has 0 radical (unpaired) electrons. The smallest absolute Gasteiger partial charge is 0.234 e. The number of aromatic nitrogens is 2. The van der Waals surface area contributed by atoms with Crippen molar-refractivity contribution in [3.8, 4) is 0 Å². The number of hydrogen-bond donors (Lipinski definition) is 1. The van der Waals surface area contributed by atoms with E-state index in [-0.39, 0.29) is 5.91 Å². The van der Waals surface area contributed by atoms with Crippen LogP contribution in [-0.2, 0) is 11.3 Å². The van der Waals surface area contributed by atoms with E-state index in [2.05, 4.69) is 35.6 Å². The van der Waals surface area contributed by atoms with Crippen molar-refractivity contribution >= 4 is 35.0 Å². The maximum Gasteiger partial charge on any atom is 0.234 e. The van der Waals surface area contributed by atoms with Crippen LogP contribution < -0.4 is 5.32 Å². The Hall–Kier alpha value is -1.46. The minimum Gasteiger partial charge on any atom is -0.324 e. The third-order valence-electron chi connectivity index (χ3n) is 3.70. The minimum absolute atomic E-state index is 0.0832. The van der Waals surface area contributed by atoms with E-state index in [1.165, 1.54) is 11.8 Å². The lowest BCUT2D eigenvalue weighted by atomic mass is 10.2. The van der Waals surface area contributed by atoms with E-state index < -0.39 is 0 Å². The van der Waals surface area contributed by atoms with E-state index in [1.54, 1.807) is 0 Å². The second kappa shape index (κ2) is 8.08. The number of benzene rings is 1. The Labute approximate surface area is 153 Å². The van der Waals surface area contributed by atoms with E-state index in [0.717, 1.165) is 28.7 Å². The van der Waals surface area contributed by atoms with Gasteiger partial charge in [0.05, 0.1) is 22.2 Å². The lowest BCUT2D eigenvalue weighted by molar-refractivity contribution is -0.113. The van der Waals surface area contributed by atoms with Crippen molar-refractivity contribution in [1.29, 1.82) is 0 Å². The van der Waals surface area contributed by atoms with Crippen LogP contribution in [0.4, 0.5) is 5.69 Å². The molecule has 0 saturated heterocycles. The molecule has 2 rings (SSSR count). The summed E-state index contributed by atoms with van der Waals surface area (Å²) in [4.78, 5) is 16.8. The number of amides is 1. The fourth-order valence-electron chi connectivity index (χ4n) is 2.35. The predicted octanol–water partition coefficient (Wildman–Crippen LogP) is 4.85. The van der Waals surface area contributed by atoms with Gasteiger partial charge in [-0.05, 0) is 44.4 Å². The highest BCUT2D eigenvalue weighted by Gasteiger charge is 2.14. The summed E-state index contributed by atoms with van der Waals surface area (Å²) in [5.74, 6) is 0.745. The number of aryl methyl sites for hydroxylation is 2. The van der Waals surface area contributed by atoms with E-state index in [0.29, 0.717) is 22.4 Å². The Morgan fingerprint density at radius 1 is 1.33 bits per heavy atom. The normalized spacial score (nSPS) is 11.1. The molecule has 2 aromatic rings. The molecule has 0 saturated carbocycles. The maximum atomic E-state index is 12.2. The molecule has 24 heavy (non-hydrogen) atoms. The van der Waals surface area contributed by atoms with Crippen molar-refractivity contribution in [2.75, 3.05) is 11.1 Å². The molecule has 1 aromatic heterocycles. The zero-order chi connectivity index (χ0) is 17.9. The van der Waals surface area contributed by atoms with Gasteiger partial charge in [-0.25, -0.2) is 4.98 Å². The lowest BCUT2D eigenvalue weighted by Gasteiger charge is -2.12. The number of anilines is 1. The summed E-state index contributed by atoms with van der Waals surface area (Å²) in [6.45, 7) is 11.3. The van der Waals surface area contributed by atoms with Gasteiger partial charge in [-0.3, -0.25) is 4.79 Å². The van der Waals surface area contributed by atoms with Gasteiger partial charge in [-0.15, -0.1) is 0 Å². The van der Waals surface area contributed by atoms with Crippen LogP contribution in [-0.4, -0.2) is 21.2 Å². The first kappa shape index (κ1) is 18.9. The van der Waals surface area contributed by atoms with Gasteiger partial charge in [0.1, 0.15) is 0 Å². The summed E-state index contributed by atoms with van der Waals surface area (Å²) >= 11 is 7.62. The third-order valence-corrected chi connectivity index (χ3v) is 4.99. The van der Waals surface area contributed by atoms with Gasteiger partial charge >= 0.3 is 0 Å². The van der Waals surface area contributed by atoms with Gasteiger partial charge < -0.3 is 9.88 Å². The maximum absolute atomic E-state index is 12.2. The first-order valence-corrected chi connectivity index (χ1v) is 9.36. The Bertz CT molecular complexity index is 740. The number of carbonyl (C=O) groups excluding carboxylic acids is 1. The quantitative estimate of drug-likeness (QED) is 0.744. The molecule has 130 valence electrons. The minimum atomic E-state index is -0.0832. The molecule has 0 atom stereocenters. The van der Waals surface area contributed by atoms with Crippen LogP contribution in [0.3, 0.4) is 0 Å². The van der Waals surface area contributed by atoms with E-state index in [4.69, 9.17) is 11.6 Å². The molecule has 6 heteroatoms. The first-order chi connectivity index (χ1) is 11.3. The Balaban J connectivity index is 2.02. The van der Waals surface area contributed by atoms with Crippen molar-refractivity contribution < 1.29 is 4.79 Å². The number of carbonyl (C=O) groups is 1. The topological polar surface area (TPSA) is 46.9 Å². The summed E-state index contributed by atoms with van der Waals surface area (Å²) in [6, 6.07) is 5.59. The largest absolute Gasteiger partial charge is 0.324 e. The summed E-state index contributed by atoms with van der Waals surface area (Å²) in [7, 11) is 0. The molecule has 0 unspecified atom stereocenters. The summed E-state index contributed by atoms with van der Waals surface area (Å²) in [6.07, 6.45) is 0. The van der Waals surface area contributed by atoms with Gasteiger partial charge in [0, 0.05) is 12.2 Å². The molecule has 0 bridgehead atoms. The van der Waals surface area contributed by atoms with E-state index in [9.17, 15) is 4.79 Å². The van der Waals surface area contributed by atoms with Gasteiger partial charge in [-0.1, -0.05) is 43.3 Å². The molecule has 0 fully saturated rings. The SMILES string of the molecule is Cc1ccc(NC(=O)CSc2nc(C)c(C)n2CC(C)C)c(Cl)c1. The molecule has 0 aliphatic rings. The Morgan fingerprint density at radius 3 is 2.67 bits per heavy atom. The van der Waals surface area contributed by atoms with Gasteiger partial charge in [0.2, 0.25) is 5.91 Å². The Morgan fingerprint density at radius 2 is 2.04 bits per heavy atom. The van der Waals surface area contributed by atoms with Crippen LogP contribution in [0.15, 0.2) is 23.4 Å². The highest BCUT2D eigenvalue weighted by Crippen LogP contribution is 2.25. The molecule has 1 amide bonds. The molecule has 0 spiro atoms. The molecule has 0 aliphatic heterocycles. The lowest BCUT2D eigenvalue weighted by Crippen LogP contribution is -2.15. The first-order valence-electron chi connectivity index (χ1n) is 8.00. The fourth-order valence-corrected chi connectivity index (χ4v) is 3.54. The molecule has 4 nitrogen and oxygen atoms in total. The second-order valence-electron chi connectivity index (χ2n) is 6.39. The zero-order valence-electron chi connectivity index (χ0n) is 14.8. The average molecular weight is 366 g/mol. The molecule has 1 heterocycles. The number of nitrogens with zero attached hydrogens (tertiary/aromatic N) is 2. The van der Waals surface area contributed by atoms with Crippen LogP contribution in [0, 0.1) is 26.7 Å². The number of thioether (sulfide) groups is 1. The van der Waals surface area contributed by atoms with Crippen LogP contribution >= 0.6 is 23.4 Å². The van der Waals surface area contributed by atoms with Crippen LogP contribution in [0.25, 0.3) is 0 Å². The molecule has 0 aliphatic carbocycles. The van der Waals surface area contributed by atoms with Crippen LogP contribution in [0.5, 0.6) is 0 Å². The van der Waals surface area contributed by atoms with Gasteiger partial charge in [0.15, 0.2) is 5.16 Å². The third kappa shape index (κ3) is 4.77. The van der Waals surface area contributed by atoms with E-state index >= 15 is 0 Å². The number of rotatable bonds is 6. The monoisotopic (exact) mass is 365 g/mol. The second-order valence-corrected chi connectivity index (χ2v) is 7.74. The van der Waals surface area contributed by atoms with Gasteiger partial charge in [-0.2, -0.15) is 0 Å². The van der Waals surface area contributed by atoms with Crippen molar-refractivity contribution in [2.45, 2.75) is 46.3 Å². The van der Waals surface area contributed by atoms with Crippen LogP contribution in [0.2, 0.25) is 5.02 Å². The van der Waals surface area contributed by atoms with Gasteiger partial charge in [0.25, 0.3) is 0 Å². The fraction of sp³-hybridized carbons (Fsp3) is 0.444. The van der Waals surface area contributed by atoms with Crippen molar-refractivity contribution in [2.24, 2.45) is 5.92 Å². The van der Waals surface area contributed by atoms with Crippen molar-refractivity contribution in [3.05, 3.63) is 40.2 Å². The zero-order valence-corrected chi connectivity index (χ0v) is 16.4. The molecular formula is C18H24ClN3OS. The Kier molecular flexibility index (Phi) is 6.35. The number of hydrogen-bond acceptors (Lipinski definition) is 3. The molecule has 1 aromatic carbocycles. The standard InChI is InChI=1S/C18H24ClN3OS/c1-11(2)9-22-14(5)13(4)20-18(22)24-10-17(23)21-16-7-6-12(3)8-15(16)19/h6-8,11H,9-10H2,1-5H3,(H,21,23). The molecule has 1 N–H and O–H groups in total. The highest BCUT2D eigenvalue weighted by atomic mass is 35.5. The average Bonchev–Trinajstić information content (AvgIpc) is 2.75. The predicted molar refractivity (Wildman–Crippen MR) is 102 cm³/mol. The van der Waals surface area contributed by atoms with Crippen LogP contribution in [0.1, 0.15) is 30.8 Å². The van der Waals surface area contributed by atoms with E-state index in [1.807, 2.05) is 32.0 Å². The van der Waals surface area contributed by atoms with Crippen molar-refractivity contribution in [3.63, 3.8) is 0 Å². The number of halogens is 1. The van der Waals surface area contributed by atoms with Crippen molar-refractivity contribution in [1.82, 2.24) is 9.55 Å². The summed E-state index contributed by atoms with van der Waals surface area (Å²) < 4.78 is 2.19.